The summed E-state index contributed by atoms with van der Waals surface area (Å²) in [4.78, 5) is 12.7. The molecule has 1 aromatic rings. The highest BCUT2D eigenvalue weighted by atomic mass is 16.1. The van der Waals surface area contributed by atoms with E-state index in [1.807, 2.05) is 30.3 Å². The van der Waals surface area contributed by atoms with E-state index in [4.69, 9.17) is 5.73 Å². The van der Waals surface area contributed by atoms with Crippen molar-refractivity contribution in [3.8, 4) is 0 Å². The molecule has 3 N–H and O–H groups in total. The van der Waals surface area contributed by atoms with E-state index in [0.29, 0.717) is 13.1 Å². The minimum Gasteiger partial charge on any atom is -0.340 e. The Morgan fingerprint density at radius 3 is 2.65 bits per heavy atom. The molecule has 0 aliphatic heterocycles. The molecule has 1 aromatic carbocycles. The molecule has 4 heteroatoms. The minimum absolute atomic E-state index is 0.670. The monoisotopic (exact) mass is 235 g/mol. The Balaban J connectivity index is 2.22. The predicted octanol–water partition coefficient (Wildman–Crippen LogP) is 0.583. The van der Waals surface area contributed by atoms with Crippen LogP contribution < -0.4 is 11.1 Å². The van der Waals surface area contributed by atoms with Crippen LogP contribution in [0.4, 0.5) is 0 Å². The lowest BCUT2D eigenvalue weighted by molar-refractivity contribution is -0.118. The molecule has 0 spiro atoms. The molecule has 17 heavy (non-hydrogen) atoms. The first-order valence-electron chi connectivity index (χ1n) is 6.01. The summed E-state index contributed by atoms with van der Waals surface area (Å²) in [6.45, 7) is 3.82. The molecule has 0 aliphatic rings. The number of benzene rings is 1. The summed E-state index contributed by atoms with van der Waals surface area (Å²) in [5.74, 6) is 0. The van der Waals surface area contributed by atoms with Gasteiger partial charge in [0.1, 0.15) is 0 Å². The number of hydrogen-bond donors (Lipinski definition) is 2. The van der Waals surface area contributed by atoms with Crippen LogP contribution in [0.3, 0.4) is 0 Å². The third-order valence-corrected chi connectivity index (χ3v) is 2.51. The van der Waals surface area contributed by atoms with E-state index in [1.54, 1.807) is 4.90 Å². The number of amides is 1. The summed E-state index contributed by atoms with van der Waals surface area (Å²) in [5.41, 5.74) is 6.55. The summed E-state index contributed by atoms with van der Waals surface area (Å²) in [6.07, 6.45) is 1.87. The number of carbonyl (C=O) groups excluding carboxylic acids is 1. The molecule has 0 aliphatic carbocycles. The lowest BCUT2D eigenvalue weighted by Gasteiger charge is -2.17. The smallest absolute Gasteiger partial charge is 0.210 e. The highest BCUT2D eigenvalue weighted by molar-refractivity contribution is 5.47. The number of nitrogens with zero attached hydrogens (tertiary/aromatic N) is 1. The first-order valence-corrected chi connectivity index (χ1v) is 6.01. The van der Waals surface area contributed by atoms with Crippen molar-refractivity contribution in [2.45, 2.75) is 13.0 Å². The van der Waals surface area contributed by atoms with Gasteiger partial charge in [-0.25, -0.2) is 0 Å². The third kappa shape index (κ3) is 6.04. The van der Waals surface area contributed by atoms with Gasteiger partial charge >= 0.3 is 0 Å². The average molecular weight is 235 g/mol. The Bertz CT molecular complexity index is 303. The van der Waals surface area contributed by atoms with Gasteiger partial charge in [0.05, 0.1) is 0 Å². The molecule has 0 atom stereocenters. The summed E-state index contributed by atoms with van der Waals surface area (Å²) < 4.78 is 0. The van der Waals surface area contributed by atoms with Gasteiger partial charge in [-0.05, 0) is 25.1 Å². The van der Waals surface area contributed by atoms with Gasteiger partial charge < -0.3 is 16.0 Å². The highest BCUT2D eigenvalue weighted by Crippen LogP contribution is 2.01. The topological polar surface area (TPSA) is 58.4 Å². The third-order valence-electron chi connectivity index (χ3n) is 2.51. The lowest BCUT2D eigenvalue weighted by Crippen LogP contribution is -2.31. The van der Waals surface area contributed by atoms with E-state index < -0.39 is 0 Å². The second-order valence-electron chi connectivity index (χ2n) is 3.95. The maximum Gasteiger partial charge on any atom is 0.210 e. The van der Waals surface area contributed by atoms with Crippen LogP contribution in [0.2, 0.25) is 0 Å². The van der Waals surface area contributed by atoms with Gasteiger partial charge in [0.2, 0.25) is 6.41 Å². The minimum atomic E-state index is 0.670. The van der Waals surface area contributed by atoms with Gasteiger partial charge in [-0.2, -0.15) is 0 Å². The summed E-state index contributed by atoms with van der Waals surface area (Å²) in [6, 6.07) is 10.00. The molecule has 0 bridgehead atoms. The lowest BCUT2D eigenvalue weighted by atomic mass is 10.2. The van der Waals surface area contributed by atoms with Crippen LogP contribution in [-0.4, -0.2) is 37.5 Å². The first kappa shape index (κ1) is 13.7. The maximum atomic E-state index is 10.9. The van der Waals surface area contributed by atoms with Crippen molar-refractivity contribution in [2.75, 3.05) is 26.2 Å². The number of carbonyl (C=O) groups is 1. The zero-order valence-electron chi connectivity index (χ0n) is 10.1. The molecule has 0 saturated heterocycles. The van der Waals surface area contributed by atoms with Crippen molar-refractivity contribution in [3.63, 3.8) is 0 Å². The fourth-order valence-corrected chi connectivity index (χ4v) is 1.56. The molecule has 0 aromatic heterocycles. The Morgan fingerprint density at radius 1 is 1.24 bits per heavy atom. The molecular weight excluding hydrogens is 214 g/mol. The van der Waals surface area contributed by atoms with Gasteiger partial charge in [0.15, 0.2) is 0 Å². The zero-order valence-corrected chi connectivity index (χ0v) is 10.1. The Morgan fingerprint density at radius 2 is 2.00 bits per heavy atom. The molecule has 0 fully saturated rings. The van der Waals surface area contributed by atoms with Gasteiger partial charge in [-0.3, -0.25) is 4.79 Å². The van der Waals surface area contributed by atoms with Crippen molar-refractivity contribution < 1.29 is 4.79 Å². The summed E-state index contributed by atoms with van der Waals surface area (Å²) in [7, 11) is 0. The molecule has 0 heterocycles. The Kier molecular flexibility index (Phi) is 7.02. The fourth-order valence-electron chi connectivity index (χ4n) is 1.56. The van der Waals surface area contributed by atoms with Crippen molar-refractivity contribution in [1.29, 1.82) is 0 Å². The number of hydrogen-bond acceptors (Lipinski definition) is 3. The van der Waals surface area contributed by atoms with Crippen molar-refractivity contribution in [1.82, 2.24) is 10.2 Å². The maximum absolute atomic E-state index is 10.9. The van der Waals surface area contributed by atoms with E-state index >= 15 is 0 Å². The van der Waals surface area contributed by atoms with E-state index in [0.717, 1.165) is 38.0 Å². The van der Waals surface area contributed by atoms with Crippen LogP contribution in [0.25, 0.3) is 0 Å². The van der Waals surface area contributed by atoms with Gasteiger partial charge in [0, 0.05) is 19.6 Å². The fraction of sp³-hybridized carbons (Fsp3) is 0.462. The van der Waals surface area contributed by atoms with E-state index in [2.05, 4.69) is 5.32 Å². The highest BCUT2D eigenvalue weighted by Gasteiger charge is 2.01. The zero-order chi connectivity index (χ0) is 12.3. The largest absolute Gasteiger partial charge is 0.340 e. The van der Waals surface area contributed by atoms with E-state index in [1.165, 1.54) is 0 Å². The standard InChI is InChI=1S/C13H21N3O/c14-7-4-8-15-9-10-16(12-17)11-13-5-2-1-3-6-13/h1-3,5-6,12,15H,4,7-11,14H2. The Labute approximate surface area is 103 Å². The van der Waals surface area contributed by atoms with Crippen LogP contribution >= 0.6 is 0 Å². The van der Waals surface area contributed by atoms with Crippen molar-refractivity contribution >= 4 is 6.41 Å². The van der Waals surface area contributed by atoms with Gasteiger partial charge in [0.25, 0.3) is 0 Å². The van der Waals surface area contributed by atoms with Crippen molar-refractivity contribution in [3.05, 3.63) is 35.9 Å². The molecule has 0 unspecified atom stereocenters. The molecular formula is C13H21N3O. The van der Waals surface area contributed by atoms with Gasteiger partial charge in [-0.15, -0.1) is 0 Å². The second-order valence-corrected chi connectivity index (χ2v) is 3.95. The number of rotatable bonds is 9. The SMILES string of the molecule is NCCCNCCN(C=O)Cc1ccccc1. The van der Waals surface area contributed by atoms with Crippen LogP contribution in [-0.2, 0) is 11.3 Å². The molecule has 4 nitrogen and oxygen atoms in total. The normalized spacial score (nSPS) is 10.2. The van der Waals surface area contributed by atoms with Crippen LogP contribution in [0.15, 0.2) is 30.3 Å². The number of nitrogens with two attached hydrogens (primary N) is 1. The molecule has 1 rings (SSSR count). The second kappa shape index (κ2) is 8.73. The van der Waals surface area contributed by atoms with E-state index in [-0.39, 0.29) is 0 Å². The summed E-state index contributed by atoms with van der Waals surface area (Å²) >= 11 is 0. The summed E-state index contributed by atoms with van der Waals surface area (Å²) in [5, 5.41) is 3.26. The van der Waals surface area contributed by atoms with Gasteiger partial charge in [-0.1, -0.05) is 30.3 Å². The first-order chi connectivity index (χ1) is 8.36. The number of nitrogens with one attached hydrogen (secondary N) is 1. The average Bonchev–Trinajstić information content (AvgIpc) is 2.38. The molecule has 0 radical (unpaired) electrons. The quantitative estimate of drug-likeness (QED) is 0.486. The van der Waals surface area contributed by atoms with Crippen LogP contribution in [0, 0.1) is 0 Å². The van der Waals surface area contributed by atoms with Crippen molar-refractivity contribution in [2.24, 2.45) is 5.73 Å². The Hall–Kier alpha value is -1.39. The van der Waals surface area contributed by atoms with Crippen LogP contribution in [0.1, 0.15) is 12.0 Å². The van der Waals surface area contributed by atoms with Crippen LogP contribution in [0.5, 0.6) is 0 Å². The van der Waals surface area contributed by atoms with E-state index in [9.17, 15) is 4.79 Å². The predicted molar refractivity (Wildman–Crippen MR) is 69.5 cm³/mol. The molecule has 0 saturated carbocycles. The molecule has 1 amide bonds. The molecule has 94 valence electrons.